The summed E-state index contributed by atoms with van der Waals surface area (Å²) >= 11 is 6.08. The number of nitrogens with one attached hydrogen (secondary N) is 2. The van der Waals surface area contributed by atoms with Crippen molar-refractivity contribution in [3.8, 4) is 11.3 Å². The van der Waals surface area contributed by atoms with Crippen molar-refractivity contribution < 1.29 is 9.59 Å². The van der Waals surface area contributed by atoms with Crippen LogP contribution in [0.1, 0.15) is 47.8 Å². The van der Waals surface area contributed by atoms with E-state index in [1.165, 1.54) is 0 Å². The second kappa shape index (κ2) is 10.7. The van der Waals surface area contributed by atoms with Crippen molar-refractivity contribution in [3.63, 3.8) is 0 Å². The summed E-state index contributed by atoms with van der Waals surface area (Å²) in [5, 5.41) is 4.68. The van der Waals surface area contributed by atoms with Gasteiger partial charge < -0.3 is 15.2 Å². The van der Waals surface area contributed by atoms with Crippen molar-refractivity contribution in [1.82, 2.24) is 9.88 Å². The van der Waals surface area contributed by atoms with Crippen LogP contribution >= 0.6 is 11.6 Å². The number of carbonyl (C=O) groups excluding carboxylic acids is 2. The predicted molar refractivity (Wildman–Crippen MR) is 162 cm³/mol. The maximum atomic E-state index is 14.3. The first-order valence-corrected chi connectivity index (χ1v) is 14.0. The molecule has 5 nitrogen and oxygen atoms in total. The highest BCUT2D eigenvalue weighted by molar-refractivity contribution is 6.30. The van der Waals surface area contributed by atoms with Gasteiger partial charge in [-0.05, 0) is 53.4 Å². The van der Waals surface area contributed by atoms with Crippen molar-refractivity contribution in [1.29, 1.82) is 0 Å². The van der Waals surface area contributed by atoms with Crippen molar-refractivity contribution in [2.75, 3.05) is 5.32 Å². The number of carbonyl (C=O) groups is 2. The van der Waals surface area contributed by atoms with Crippen LogP contribution in [0.4, 0.5) is 5.69 Å². The van der Waals surface area contributed by atoms with Crippen LogP contribution in [0.25, 0.3) is 22.2 Å². The summed E-state index contributed by atoms with van der Waals surface area (Å²) in [4.78, 5) is 33.8. The lowest BCUT2D eigenvalue weighted by Crippen LogP contribution is -2.50. The van der Waals surface area contributed by atoms with Gasteiger partial charge in [0.15, 0.2) is 0 Å². The van der Waals surface area contributed by atoms with E-state index < -0.39 is 12.1 Å². The van der Waals surface area contributed by atoms with E-state index in [-0.39, 0.29) is 17.7 Å². The minimum atomic E-state index is -0.706. The average molecular weight is 548 g/mol. The molecule has 1 aliphatic rings. The lowest BCUT2D eigenvalue weighted by Gasteiger charge is -2.36. The highest BCUT2D eigenvalue weighted by Gasteiger charge is 2.47. The smallest absolute Gasteiger partial charge is 0.255 e. The summed E-state index contributed by atoms with van der Waals surface area (Å²) in [6.45, 7) is 4.09. The number of hydrogen-bond acceptors (Lipinski definition) is 2. The van der Waals surface area contributed by atoms with E-state index in [0.717, 1.165) is 39.7 Å². The molecule has 0 radical (unpaired) electrons. The van der Waals surface area contributed by atoms with E-state index in [4.69, 9.17) is 11.6 Å². The van der Waals surface area contributed by atoms with Gasteiger partial charge in [-0.25, -0.2) is 0 Å². The average Bonchev–Trinajstić information content (AvgIpc) is 3.50. The monoisotopic (exact) mass is 547 g/mol. The third-order valence-corrected chi connectivity index (χ3v) is 8.20. The summed E-state index contributed by atoms with van der Waals surface area (Å²) in [6, 6.07) is 31.9. The quantitative estimate of drug-likeness (QED) is 0.216. The lowest BCUT2D eigenvalue weighted by molar-refractivity contribution is -0.122. The van der Waals surface area contributed by atoms with E-state index in [1.54, 1.807) is 24.3 Å². The molecule has 5 aromatic rings. The Balaban J connectivity index is 1.55. The van der Waals surface area contributed by atoms with Crippen LogP contribution in [0.2, 0.25) is 5.02 Å². The number of anilines is 1. The van der Waals surface area contributed by atoms with Crippen LogP contribution < -0.4 is 5.32 Å². The predicted octanol–water partition coefficient (Wildman–Crippen LogP) is 8.09. The second-order valence-electron chi connectivity index (χ2n) is 10.4. The number of amides is 2. The Morgan fingerprint density at radius 2 is 1.60 bits per heavy atom. The minimum Gasteiger partial charge on any atom is -0.354 e. The molecule has 0 saturated heterocycles. The zero-order valence-electron chi connectivity index (χ0n) is 22.4. The first-order chi connectivity index (χ1) is 19.5. The molecule has 3 unspecified atom stereocenters. The molecular weight excluding hydrogens is 518 g/mol. The Labute approximate surface area is 238 Å². The molecule has 1 aromatic heterocycles. The van der Waals surface area contributed by atoms with Crippen LogP contribution in [0.15, 0.2) is 103 Å². The summed E-state index contributed by atoms with van der Waals surface area (Å²) < 4.78 is 0. The van der Waals surface area contributed by atoms with Gasteiger partial charge >= 0.3 is 0 Å². The van der Waals surface area contributed by atoms with Gasteiger partial charge in [0.1, 0.15) is 6.04 Å². The largest absolute Gasteiger partial charge is 0.354 e. The van der Waals surface area contributed by atoms with Gasteiger partial charge in [-0.2, -0.15) is 0 Å². The van der Waals surface area contributed by atoms with E-state index in [9.17, 15) is 9.59 Å². The fourth-order valence-corrected chi connectivity index (χ4v) is 5.96. The number of fused-ring (bicyclic) bond motifs is 2. The molecule has 40 heavy (non-hydrogen) atoms. The van der Waals surface area contributed by atoms with Crippen molar-refractivity contribution in [3.05, 3.63) is 125 Å². The SMILES string of the molecule is CCC(C)C(C(=O)Nc1ccc(Cl)cc1)N1C(=O)c2ccccc2C1c1c(-c2ccccc2)[nH]c2ccccc12. The molecular formula is C34H30ClN3O2. The molecule has 4 aromatic carbocycles. The molecule has 2 N–H and O–H groups in total. The Morgan fingerprint density at radius 3 is 2.35 bits per heavy atom. The zero-order valence-corrected chi connectivity index (χ0v) is 23.2. The summed E-state index contributed by atoms with van der Waals surface area (Å²) in [5.41, 5.74) is 6.12. The molecule has 200 valence electrons. The highest BCUT2D eigenvalue weighted by Crippen LogP contribution is 2.47. The van der Waals surface area contributed by atoms with E-state index in [0.29, 0.717) is 16.3 Å². The van der Waals surface area contributed by atoms with E-state index >= 15 is 0 Å². The number of nitrogens with zero attached hydrogens (tertiary/aromatic N) is 1. The van der Waals surface area contributed by atoms with Gasteiger partial charge in [-0.3, -0.25) is 9.59 Å². The Morgan fingerprint density at radius 1 is 0.925 bits per heavy atom. The first-order valence-electron chi connectivity index (χ1n) is 13.6. The normalized spacial score (nSPS) is 16.1. The van der Waals surface area contributed by atoms with Gasteiger partial charge in [-0.1, -0.05) is 98.6 Å². The molecule has 2 amide bonds. The van der Waals surface area contributed by atoms with Gasteiger partial charge in [0.25, 0.3) is 5.91 Å². The number of aromatic amines is 1. The maximum Gasteiger partial charge on any atom is 0.255 e. The number of H-pyrrole nitrogens is 1. The van der Waals surface area contributed by atoms with Crippen LogP contribution in [-0.2, 0) is 4.79 Å². The topological polar surface area (TPSA) is 65.2 Å². The van der Waals surface area contributed by atoms with E-state index in [1.807, 2.05) is 66.4 Å². The van der Waals surface area contributed by atoms with Crippen LogP contribution in [0.5, 0.6) is 0 Å². The van der Waals surface area contributed by atoms with Crippen LogP contribution in [0, 0.1) is 5.92 Å². The molecule has 0 bridgehead atoms. The standard InChI is InChI=1S/C34H30ClN3O2/c1-3-21(2)31(33(39)36-24-19-17-23(35)18-20-24)38-32(25-13-7-8-14-26(25)34(38)40)29-27-15-9-10-16-28(27)37-30(29)22-11-5-4-6-12-22/h4-21,31-32,37H,3H2,1-2H3,(H,36,39). The van der Waals surface area contributed by atoms with Gasteiger partial charge in [0, 0.05) is 32.7 Å². The van der Waals surface area contributed by atoms with Gasteiger partial charge in [-0.15, -0.1) is 0 Å². The molecule has 0 saturated carbocycles. The zero-order chi connectivity index (χ0) is 27.8. The van der Waals surface area contributed by atoms with Gasteiger partial charge in [0.05, 0.1) is 11.7 Å². The Bertz CT molecular complexity index is 1690. The third kappa shape index (κ3) is 4.46. The third-order valence-electron chi connectivity index (χ3n) is 7.94. The number of rotatable bonds is 7. The second-order valence-corrected chi connectivity index (χ2v) is 10.8. The van der Waals surface area contributed by atoms with Crippen molar-refractivity contribution in [2.45, 2.75) is 32.4 Å². The highest BCUT2D eigenvalue weighted by atomic mass is 35.5. The van der Waals surface area contributed by atoms with E-state index in [2.05, 4.69) is 41.5 Å². The summed E-state index contributed by atoms with van der Waals surface area (Å²) in [5.74, 6) is -0.455. The number of benzene rings is 4. The van der Waals surface area contributed by atoms with Gasteiger partial charge in [0.2, 0.25) is 5.91 Å². The fraction of sp³-hybridized carbons (Fsp3) is 0.176. The number of para-hydroxylation sites is 1. The molecule has 1 aliphatic heterocycles. The first kappa shape index (κ1) is 25.9. The molecule has 6 rings (SSSR count). The lowest BCUT2D eigenvalue weighted by atomic mass is 9.90. The number of halogens is 1. The molecule has 6 heteroatoms. The number of aromatic nitrogens is 1. The molecule has 0 fully saturated rings. The number of hydrogen-bond donors (Lipinski definition) is 2. The van der Waals surface area contributed by atoms with Crippen molar-refractivity contribution >= 4 is 40.0 Å². The Kier molecular flexibility index (Phi) is 6.91. The molecule has 0 spiro atoms. The summed E-state index contributed by atoms with van der Waals surface area (Å²) in [6.07, 6.45) is 0.727. The summed E-state index contributed by atoms with van der Waals surface area (Å²) in [7, 11) is 0. The van der Waals surface area contributed by atoms with Crippen molar-refractivity contribution in [2.24, 2.45) is 5.92 Å². The fourth-order valence-electron chi connectivity index (χ4n) is 5.83. The van der Waals surface area contributed by atoms with Crippen LogP contribution in [-0.4, -0.2) is 27.7 Å². The molecule has 3 atom stereocenters. The maximum absolute atomic E-state index is 14.3. The Hall–Kier alpha value is -4.35. The minimum absolute atomic E-state index is 0.0987. The molecule has 0 aliphatic carbocycles. The van der Waals surface area contributed by atoms with Crippen LogP contribution in [0.3, 0.4) is 0 Å². The molecule has 2 heterocycles.